The molecule has 1 fully saturated rings. The van der Waals surface area contributed by atoms with E-state index in [1.54, 1.807) is 19.0 Å². The highest BCUT2D eigenvalue weighted by Crippen LogP contribution is 2.28. The summed E-state index contributed by atoms with van der Waals surface area (Å²) in [5.41, 5.74) is 2.18. The van der Waals surface area contributed by atoms with Crippen LogP contribution in [-0.2, 0) is 23.1 Å². The van der Waals surface area contributed by atoms with Crippen LogP contribution in [0.2, 0.25) is 0 Å². The van der Waals surface area contributed by atoms with Crippen LogP contribution in [0, 0.1) is 5.92 Å². The van der Waals surface area contributed by atoms with Crippen LogP contribution in [0.3, 0.4) is 0 Å². The molecular formula is C17H28N4O3. The van der Waals surface area contributed by atoms with E-state index in [9.17, 15) is 4.79 Å². The average Bonchev–Trinajstić information content (AvgIpc) is 2.96. The average molecular weight is 336 g/mol. The van der Waals surface area contributed by atoms with E-state index >= 15 is 0 Å². The van der Waals surface area contributed by atoms with Gasteiger partial charge in [-0.05, 0) is 18.8 Å². The minimum atomic E-state index is 0.0285. The molecule has 0 spiro atoms. The first-order chi connectivity index (χ1) is 11.6. The van der Waals surface area contributed by atoms with Gasteiger partial charge in [0, 0.05) is 59.1 Å². The first kappa shape index (κ1) is 17.2. The Labute approximate surface area is 143 Å². The molecule has 1 atom stereocenters. The Hall–Kier alpha value is -1.60. The van der Waals surface area contributed by atoms with Crippen molar-refractivity contribution in [3.8, 4) is 0 Å². The quantitative estimate of drug-likeness (QED) is 0.835. The molecule has 2 aliphatic heterocycles. The molecule has 7 nitrogen and oxygen atoms in total. The van der Waals surface area contributed by atoms with Crippen LogP contribution in [0.4, 0.5) is 4.79 Å². The third kappa shape index (κ3) is 3.72. The van der Waals surface area contributed by atoms with Gasteiger partial charge in [-0.3, -0.25) is 0 Å². The number of aromatic nitrogens is 2. The third-order valence-electron chi connectivity index (χ3n) is 4.90. The number of hydrogen-bond acceptors (Lipinski definition) is 4. The van der Waals surface area contributed by atoms with Crippen molar-refractivity contribution >= 4 is 6.03 Å². The van der Waals surface area contributed by atoms with Gasteiger partial charge in [0.2, 0.25) is 0 Å². The second-order valence-corrected chi connectivity index (χ2v) is 7.04. The summed E-state index contributed by atoms with van der Waals surface area (Å²) in [6, 6.07) is 0.0285. The number of hydrogen-bond donors (Lipinski definition) is 0. The van der Waals surface area contributed by atoms with Gasteiger partial charge < -0.3 is 23.8 Å². The van der Waals surface area contributed by atoms with E-state index in [0.29, 0.717) is 25.6 Å². The maximum absolute atomic E-state index is 12.3. The van der Waals surface area contributed by atoms with E-state index in [4.69, 9.17) is 9.47 Å². The Morgan fingerprint density at radius 2 is 2.12 bits per heavy atom. The van der Waals surface area contributed by atoms with Gasteiger partial charge in [-0.1, -0.05) is 0 Å². The van der Waals surface area contributed by atoms with Crippen molar-refractivity contribution < 1.29 is 14.3 Å². The van der Waals surface area contributed by atoms with Crippen LogP contribution in [0.1, 0.15) is 30.1 Å². The number of amides is 2. The Kier molecular flexibility index (Phi) is 5.40. The maximum atomic E-state index is 12.3. The summed E-state index contributed by atoms with van der Waals surface area (Å²) in [6.45, 7) is 4.33. The van der Waals surface area contributed by atoms with Crippen LogP contribution in [-0.4, -0.2) is 72.4 Å². The number of nitrogens with zero attached hydrogens (tertiary/aromatic N) is 4. The van der Waals surface area contributed by atoms with Gasteiger partial charge in [0.1, 0.15) is 0 Å². The van der Waals surface area contributed by atoms with Crippen LogP contribution >= 0.6 is 0 Å². The van der Waals surface area contributed by atoms with Crippen molar-refractivity contribution in [2.45, 2.75) is 25.3 Å². The summed E-state index contributed by atoms with van der Waals surface area (Å²) in [5.74, 6) is 0.762. The molecular weight excluding hydrogens is 308 g/mol. The van der Waals surface area contributed by atoms with E-state index in [1.807, 2.05) is 18.3 Å². The highest BCUT2D eigenvalue weighted by molar-refractivity contribution is 5.74. The van der Waals surface area contributed by atoms with Crippen molar-refractivity contribution in [3.05, 3.63) is 17.7 Å². The summed E-state index contributed by atoms with van der Waals surface area (Å²) in [5, 5.41) is 0. The predicted octanol–water partition coefficient (Wildman–Crippen LogP) is 1.44. The first-order valence-electron chi connectivity index (χ1n) is 8.68. The monoisotopic (exact) mass is 336 g/mol. The number of carbonyl (C=O) groups excluding carboxylic acids is 1. The van der Waals surface area contributed by atoms with Gasteiger partial charge in [-0.25, -0.2) is 9.78 Å². The molecule has 2 amide bonds. The molecule has 7 heteroatoms. The molecule has 0 radical (unpaired) electrons. The molecule has 2 aliphatic rings. The van der Waals surface area contributed by atoms with Crippen molar-refractivity contribution in [1.82, 2.24) is 19.4 Å². The van der Waals surface area contributed by atoms with E-state index < -0.39 is 0 Å². The molecule has 3 heterocycles. The van der Waals surface area contributed by atoms with Crippen molar-refractivity contribution in [1.29, 1.82) is 0 Å². The van der Waals surface area contributed by atoms with Gasteiger partial charge in [0.05, 0.1) is 25.2 Å². The van der Waals surface area contributed by atoms with Crippen LogP contribution in [0.25, 0.3) is 0 Å². The zero-order chi connectivity index (χ0) is 17.1. The molecule has 1 aromatic rings. The summed E-state index contributed by atoms with van der Waals surface area (Å²) in [6.07, 6.45) is 3.99. The zero-order valence-corrected chi connectivity index (χ0v) is 14.9. The van der Waals surface area contributed by atoms with Gasteiger partial charge >= 0.3 is 6.03 Å². The molecule has 0 N–H and O–H groups in total. The number of fused-ring (bicyclic) bond motifs is 1. The minimum Gasteiger partial charge on any atom is -0.381 e. The number of urea groups is 1. The lowest BCUT2D eigenvalue weighted by molar-refractivity contribution is 0.0138. The van der Waals surface area contributed by atoms with Crippen LogP contribution < -0.4 is 0 Å². The highest BCUT2D eigenvalue weighted by atomic mass is 16.5. The predicted molar refractivity (Wildman–Crippen MR) is 89.8 cm³/mol. The van der Waals surface area contributed by atoms with E-state index in [-0.39, 0.29) is 11.9 Å². The minimum absolute atomic E-state index is 0.0285. The second-order valence-electron chi connectivity index (χ2n) is 7.04. The third-order valence-corrected chi connectivity index (χ3v) is 4.90. The molecule has 3 rings (SSSR count). The standard InChI is InChI=1S/C17H28N4O3/c1-19(2)17(22)21-8-14(16-15(9-21)18-12-20(16)3)11-24-10-13-4-6-23-7-5-13/h12-14H,4-11H2,1-3H3/t14-/m0/s1. The lowest BCUT2D eigenvalue weighted by Crippen LogP contribution is -2.44. The second kappa shape index (κ2) is 7.53. The van der Waals surface area contributed by atoms with Gasteiger partial charge in [-0.15, -0.1) is 0 Å². The lowest BCUT2D eigenvalue weighted by atomic mass is 9.98. The van der Waals surface area contributed by atoms with Crippen molar-refractivity contribution in [2.24, 2.45) is 13.0 Å². The topological polar surface area (TPSA) is 59.8 Å². The molecule has 0 unspecified atom stereocenters. The molecule has 1 saturated heterocycles. The SMILES string of the molecule is CN(C)C(=O)N1Cc2ncn(C)c2[C@H](COCC2CCOCC2)C1. The van der Waals surface area contributed by atoms with Crippen LogP contribution in [0.15, 0.2) is 6.33 Å². The molecule has 0 saturated carbocycles. The van der Waals surface area contributed by atoms with Crippen molar-refractivity contribution in [3.63, 3.8) is 0 Å². The Morgan fingerprint density at radius 3 is 2.83 bits per heavy atom. The molecule has 134 valence electrons. The zero-order valence-electron chi connectivity index (χ0n) is 14.9. The summed E-state index contributed by atoms with van der Waals surface area (Å²) >= 11 is 0. The summed E-state index contributed by atoms with van der Waals surface area (Å²) < 4.78 is 13.5. The Balaban J connectivity index is 1.63. The van der Waals surface area contributed by atoms with E-state index in [1.165, 1.54) is 5.69 Å². The fraction of sp³-hybridized carbons (Fsp3) is 0.765. The largest absolute Gasteiger partial charge is 0.381 e. The number of rotatable bonds is 4. The number of aryl methyl sites for hydroxylation is 1. The Morgan fingerprint density at radius 1 is 1.38 bits per heavy atom. The van der Waals surface area contributed by atoms with Crippen LogP contribution in [0.5, 0.6) is 0 Å². The van der Waals surface area contributed by atoms with Crippen molar-refractivity contribution in [2.75, 3.05) is 47.1 Å². The van der Waals surface area contributed by atoms with E-state index in [0.717, 1.165) is 38.4 Å². The maximum Gasteiger partial charge on any atom is 0.319 e. The molecule has 1 aromatic heterocycles. The lowest BCUT2D eigenvalue weighted by Gasteiger charge is -2.34. The number of carbonyl (C=O) groups is 1. The molecule has 0 bridgehead atoms. The summed E-state index contributed by atoms with van der Waals surface area (Å²) in [4.78, 5) is 20.3. The van der Waals surface area contributed by atoms with Gasteiger partial charge in [0.15, 0.2) is 0 Å². The molecule has 0 aliphatic carbocycles. The number of imidazole rings is 1. The fourth-order valence-corrected chi connectivity index (χ4v) is 3.58. The number of ether oxygens (including phenoxy) is 2. The Bertz CT molecular complexity index is 566. The molecule has 24 heavy (non-hydrogen) atoms. The smallest absolute Gasteiger partial charge is 0.319 e. The fourth-order valence-electron chi connectivity index (χ4n) is 3.58. The molecule has 0 aromatic carbocycles. The summed E-state index contributed by atoms with van der Waals surface area (Å²) in [7, 11) is 5.58. The van der Waals surface area contributed by atoms with E-state index in [2.05, 4.69) is 9.55 Å². The normalized spacial score (nSPS) is 21.6. The van der Waals surface area contributed by atoms with Gasteiger partial charge in [-0.2, -0.15) is 0 Å². The highest BCUT2D eigenvalue weighted by Gasteiger charge is 2.32. The first-order valence-corrected chi connectivity index (χ1v) is 8.68. The van der Waals surface area contributed by atoms with Gasteiger partial charge in [0.25, 0.3) is 0 Å².